The maximum absolute atomic E-state index is 10.9. The Labute approximate surface area is 60.7 Å². The highest BCUT2D eigenvalue weighted by molar-refractivity contribution is 5.86. The number of aliphatic hydroxyl groups is 2. The summed E-state index contributed by atoms with van der Waals surface area (Å²) in [7, 11) is 0. The highest BCUT2D eigenvalue weighted by atomic mass is 16.5. The van der Waals surface area contributed by atoms with Crippen LogP contribution in [0.15, 0.2) is 0 Å². The Morgan fingerprint density at radius 1 is 1.50 bits per heavy atom. The van der Waals surface area contributed by atoms with Gasteiger partial charge in [0.25, 0.3) is 0 Å². The first-order chi connectivity index (χ1) is 4.41. The number of carbonyl (C=O) groups excluding carboxylic acids is 1. The summed E-state index contributed by atoms with van der Waals surface area (Å²) in [6, 6.07) is 0. The Morgan fingerprint density at radius 3 is 2.00 bits per heavy atom. The Balaban J connectivity index is 4.19. The van der Waals surface area contributed by atoms with Crippen molar-refractivity contribution in [2.45, 2.75) is 33.5 Å². The van der Waals surface area contributed by atoms with Gasteiger partial charge >= 0.3 is 0 Å². The molecule has 0 aliphatic carbocycles. The van der Waals surface area contributed by atoms with Crippen molar-refractivity contribution in [3.05, 3.63) is 0 Å². The molecule has 0 aromatic rings. The summed E-state index contributed by atoms with van der Waals surface area (Å²) < 4.78 is 0. The van der Waals surface area contributed by atoms with Gasteiger partial charge < -0.3 is 10.2 Å². The van der Waals surface area contributed by atoms with E-state index in [1.165, 1.54) is 0 Å². The highest BCUT2D eigenvalue weighted by Crippen LogP contribution is 2.21. The SMILES string of the molecule is CCC(C)(C)C(=O)C(O)O. The zero-order valence-electron chi connectivity index (χ0n) is 6.59. The predicted molar refractivity (Wildman–Crippen MR) is 37.3 cm³/mol. The van der Waals surface area contributed by atoms with Gasteiger partial charge in [-0.2, -0.15) is 0 Å². The molecule has 0 radical (unpaired) electrons. The van der Waals surface area contributed by atoms with Crippen LogP contribution >= 0.6 is 0 Å². The molecule has 0 saturated carbocycles. The molecule has 0 rings (SSSR count). The van der Waals surface area contributed by atoms with Crippen LogP contribution in [0.4, 0.5) is 0 Å². The lowest BCUT2D eigenvalue weighted by Crippen LogP contribution is -2.33. The second-order valence-electron chi connectivity index (χ2n) is 2.98. The molecule has 0 unspecified atom stereocenters. The number of aliphatic hydroxyl groups excluding tert-OH is 1. The lowest BCUT2D eigenvalue weighted by atomic mass is 9.85. The maximum Gasteiger partial charge on any atom is 0.213 e. The van der Waals surface area contributed by atoms with Gasteiger partial charge in [-0.3, -0.25) is 4.79 Å². The zero-order chi connectivity index (χ0) is 8.36. The number of carbonyl (C=O) groups is 1. The molecule has 0 aromatic heterocycles. The van der Waals surface area contributed by atoms with Crippen LogP contribution in [0.25, 0.3) is 0 Å². The van der Waals surface area contributed by atoms with Crippen LogP contribution in [0.5, 0.6) is 0 Å². The Morgan fingerprint density at radius 2 is 1.90 bits per heavy atom. The number of Topliss-reactive ketones (excluding diaryl/α,β-unsaturated/α-hetero) is 1. The van der Waals surface area contributed by atoms with Crippen molar-refractivity contribution >= 4 is 5.78 Å². The topological polar surface area (TPSA) is 57.5 Å². The summed E-state index contributed by atoms with van der Waals surface area (Å²) in [4.78, 5) is 10.9. The summed E-state index contributed by atoms with van der Waals surface area (Å²) >= 11 is 0. The molecule has 0 amide bonds. The molecule has 10 heavy (non-hydrogen) atoms. The Bertz CT molecular complexity index is 127. The van der Waals surface area contributed by atoms with E-state index in [1.54, 1.807) is 13.8 Å². The highest BCUT2D eigenvalue weighted by Gasteiger charge is 2.29. The van der Waals surface area contributed by atoms with Crippen LogP contribution in [-0.4, -0.2) is 22.3 Å². The van der Waals surface area contributed by atoms with Crippen LogP contribution in [0.1, 0.15) is 27.2 Å². The van der Waals surface area contributed by atoms with Crippen LogP contribution in [0, 0.1) is 5.41 Å². The molecule has 0 aliphatic rings. The molecule has 0 atom stereocenters. The van der Waals surface area contributed by atoms with Gasteiger partial charge in [-0.25, -0.2) is 0 Å². The molecule has 0 saturated heterocycles. The Kier molecular flexibility index (Phi) is 2.99. The minimum atomic E-state index is -1.82. The van der Waals surface area contributed by atoms with Crippen LogP contribution in [0.3, 0.4) is 0 Å². The van der Waals surface area contributed by atoms with E-state index in [0.717, 1.165) is 0 Å². The van der Waals surface area contributed by atoms with Gasteiger partial charge in [-0.1, -0.05) is 20.8 Å². The molecule has 60 valence electrons. The van der Waals surface area contributed by atoms with Gasteiger partial charge in [-0.15, -0.1) is 0 Å². The molecule has 2 N–H and O–H groups in total. The van der Waals surface area contributed by atoms with Crippen molar-refractivity contribution in [3.63, 3.8) is 0 Å². The third kappa shape index (κ3) is 2.08. The van der Waals surface area contributed by atoms with Crippen molar-refractivity contribution < 1.29 is 15.0 Å². The molecule has 3 nitrogen and oxygen atoms in total. The summed E-state index contributed by atoms with van der Waals surface area (Å²) in [6.07, 6.45) is -1.21. The molecule has 0 fully saturated rings. The summed E-state index contributed by atoms with van der Waals surface area (Å²) in [5, 5.41) is 17.0. The van der Waals surface area contributed by atoms with Crippen LogP contribution < -0.4 is 0 Å². The largest absolute Gasteiger partial charge is 0.362 e. The third-order valence-corrected chi connectivity index (χ3v) is 1.79. The van der Waals surface area contributed by atoms with Crippen molar-refractivity contribution in [2.75, 3.05) is 0 Å². The molecular formula is C7H14O3. The first-order valence-corrected chi connectivity index (χ1v) is 3.32. The minimum Gasteiger partial charge on any atom is -0.362 e. The first kappa shape index (κ1) is 9.59. The molecule has 0 spiro atoms. The summed E-state index contributed by atoms with van der Waals surface area (Å²) in [6.45, 7) is 5.21. The van der Waals surface area contributed by atoms with Gasteiger partial charge in [0.2, 0.25) is 6.29 Å². The number of hydrogen-bond donors (Lipinski definition) is 2. The van der Waals surface area contributed by atoms with E-state index in [9.17, 15) is 4.79 Å². The van der Waals surface area contributed by atoms with Crippen molar-refractivity contribution in [3.8, 4) is 0 Å². The monoisotopic (exact) mass is 146 g/mol. The second kappa shape index (κ2) is 3.12. The average molecular weight is 146 g/mol. The van der Waals surface area contributed by atoms with E-state index >= 15 is 0 Å². The molecule has 0 heterocycles. The fourth-order valence-corrected chi connectivity index (χ4v) is 0.524. The van der Waals surface area contributed by atoms with Gasteiger partial charge in [0, 0.05) is 5.41 Å². The van der Waals surface area contributed by atoms with E-state index in [0.29, 0.717) is 6.42 Å². The molecular weight excluding hydrogens is 132 g/mol. The van der Waals surface area contributed by atoms with Crippen molar-refractivity contribution in [1.29, 1.82) is 0 Å². The predicted octanol–water partition coefficient (Wildman–Crippen LogP) is 0.302. The van der Waals surface area contributed by atoms with Gasteiger partial charge in [0.15, 0.2) is 5.78 Å². The van der Waals surface area contributed by atoms with Gasteiger partial charge in [0.05, 0.1) is 0 Å². The smallest absolute Gasteiger partial charge is 0.213 e. The van der Waals surface area contributed by atoms with E-state index in [-0.39, 0.29) is 0 Å². The fraction of sp³-hybridized carbons (Fsp3) is 0.857. The molecule has 0 aliphatic heterocycles. The number of rotatable bonds is 3. The quantitative estimate of drug-likeness (QED) is 0.563. The zero-order valence-corrected chi connectivity index (χ0v) is 6.59. The standard InChI is InChI=1S/C7H14O3/c1-4-7(2,3)5(8)6(9)10/h6,9-10H,4H2,1-3H3. The number of ketones is 1. The van der Waals surface area contributed by atoms with Crippen molar-refractivity contribution in [2.24, 2.45) is 5.41 Å². The van der Waals surface area contributed by atoms with Crippen molar-refractivity contribution in [1.82, 2.24) is 0 Å². The molecule has 3 heteroatoms. The Hall–Kier alpha value is -0.410. The average Bonchev–Trinajstić information content (AvgIpc) is 1.86. The van der Waals surface area contributed by atoms with Crippen LogP contribution in [0.2, 0.25) is 0 Å². The first-order valence-electron chi connectivity index (χ1n) is 3.32. The van der Waals surface area contributed by atoms with E-state index in [4.69, 9.17) is 10.2 Å². The number of hydrogen-bond acceptors (Lipinski definition) is 3. The van der Waals surface area contributed by atoms with E-state index < -0.39 is 17.5 Å². The van der Waals surface area contributed by atoms with Gasteiger partial charge in [0.1, 0.15) is 0 Å². The summed E-state index contributed by atoms with van der Waals surface area (Å²) in [5.74, 6) is -0.519. The van der Waals surface area contributed by atoms with E-state index in [1.807, 2.05) is 6.92 Å². The molecule has 0 aromatic carbocycles. The summed E-state index contributed by atoms with van der Waals surface area (Å²) in [5.41, 5.74) is -0.617. The lowest BCUT2D eigenvalue weighted by Gasteiger charge is -2.21. The van der Waals surface area contributed by atoms with Crippen LogP contribution in [-0.2, 0) is 4.79 Å². The molecule has 0 bridgehead atoms. The lowest BCUT2D eigenvalue weighted by molar-refractivity contribution is -0.154. The maximum atomic E-state index is 10.9. The normalized spacial score (nSPS) is 12.2. The van der Waals surface area contributed by atoms with Gasteiger partial charge in [-0.05, 0) is 6.42 Å². The second-order valence-corrected chi connectivity index (χ2v) is 2.98. The minimum absolute atomic E-state index is 0.519. The third-order valence-electron chi connectivity index (χ3n) is 1.79. The fourth-order valence-electron chi connectivity index (χ4n) is 0.524. The van der Waals surface area contributed by atoms with E-state index in [2.05, 4.69) is 0 Å².